The summed E-state index contributed by atoms with van der Waals surface area (Å²) in [6.45, 7) is 5.03. The van der Waals surface area contributed by atoms with Crippen molar-refractivity contribution in [2.75, 3.05) is 6.54 Å². The van der Waals surface area contributed by atoms with Crippen molar-refractivity contribution >= 4 is 10.8 Å². The number of fused-ring (bicyclic) bond motifs is 1. The van der Waals surface area contributed by atoms with E-state index in [4.69, 9.17) is 5.73 Å². The van der Waals surface area contributed by atoms with Crippen molar-refractivity contribution in [1.29, 1.82) is 0 Å². The van der Waals surface area contributed by atoms with Gasteiger partial charge in [0.2, 0.25) is 0 Å². The Morgan fingerprint density at radius 2 is 1.73 bits per heavy atom. The van der Waals surface area contributed by atoms with Gasteiger partial charge in [0, 0.05) is 0 Å². The predicted octanol–water partition coefficient (Wildman–Crippen LogP) is 3.21. The van der Waals surface area contributed by atoms with Crippen LogP contribution in [0.5, 0.6) is 0 Å². The summed E-state index contributed by atoms with van der Waals surface area (Å²) in [6, 6.07) is 12.9. The van der Waals surface area contributed by atoms with E-state index in [9.17, 15) is 0 Å². The van der Waals surface area contributed by atoms with Gasteiger partial charge in [0.25, 0.3) is 0 Å². The van der Waals surface area contributed by atoms with Gasteiger partial charge in [-0.05, 0) is 41.3 Å². The van der Waals surface area contributed by atoms with Crippen molar-refractivity contribution in [2.24, 2.45) is 5.73 Å². The van der Waals surface area contributed by atoms with E-state index in [1.54, 1.807) is 0 Å². The summed E-state index contributed by atoms with van der Waals surface area (Å²) in [6.07, 6.45) is 0. The van der Waals surface area contributed by atoms with Crippen molar-refractivity contribution in [3.63, 3.8) is 0 Å². The van der Waals surface area contributed by atoms with Gasteiger partial charge in [-0.15, -0.1) is 0 Å². The Morgan fingerprint density at radius 1 is 1.07 bits per heavy atom. The predicted molar refractivity (Wildman–Crippen MR) is 66.2 cm³/mol. The maximum atomic E-state index is 5.73. The van der Waals surface area contributed by atoms with Gasteiger partial charge in [-0.2, -0.15) is 0 Å². The molecular formula is C14H17N. The summed E-state index contributed by atoms with van der Waals surface area (Å²) in [7, 11) is 0. The second kappa shape index (κ2) is 4.03. The quantitative estimate of drug-likeness (QED) is 0.789. The van der Waals surface area contributed by atoms with Crippen LogP contribution in [0.4, 0.5) is 0 Å². The summed E-state index contributed by atoms with van der Waals surface area (Å²) >= 11 is 0. The van der Waals surface area contributed by atoms with Crippen LogP contribution in [0.25, 0.3) is 10.8 Å². The van der Waals surface area contributed by atoms with Crippen LogP contribution in [0.2, 0.25) is 0 Å². The highest BCUT2D eigenvalue weighted by molar-refractivity contribution is 5.88. The van der Waals surface area contributed by atoms with Crippen LogP contribution in [0.1, 0.15) is 24.0 Å². The number of hydrogen-bond acceptors (Lipinski definition) is 1. The van der Waals surface area contributed by atoms with Gasteiger partial charge < -0.3 is 5.73 Å². The van der Waals surface area contributed by atoms with E-state index in [0.29, 0.717) is 12.5 Å². The Bertz CT molecular complexity index is 474. The van der Waals surface area contributed by atoms with Crippen LogP contribution in [0, 0.1) is 6.92 Å². The highest BCUT2D eigenvalue weighted by atomic mass is 14.5. The van der Waals surface area contributed by atoms with E-state index >= 15 is 0 Å². The molecule has 0 fully saturated rings. The molecule has 1 nitrogen and oxygen atoms in total. The molecule has 0 bridgehead atoms. The van der Waals surface area contributed by atoms with E-state index < -0.39 is 0 Å². The lowest BCUT2D eigenvalue weighted by atomic mass is 9.93. The van der Waals surface area contributed by atoms with E-state index in [1.165, 1.54) is 21.9 Å². The largest absolute Gasteiger partial charge is 0.330 e. The maximum absolute atomic E-state index is 5.73. The normalized spacial score (nSPS) is 13.0. The fourth-order valence-corrected chi connectivity index (χ4v) is 2.05. The molecule has 1 heteroatoms. The summed E-state index contributed by atoms with van der Waals surface area (Å²) in [5, 5.41) is 2.69. The molecule has 0 saturated heterocycles. The molecule has 78 valence electrons. The average Bonchev–Trinajstić information content (AvgIpc) is 2.28. The van der Waals surface area contributed by atoms with E-state index in [1.807, 2.05) is 0 Å². The Morgan fingerprint density at radius 3 is 2.47 bits per heavy atom. The third-order valence-electron chi connectivity index (χ3n) is 3.06. The van der Waals surface area contributed by atoms with Crippen molar-refractivity contribution in [3.05, 3.63) is 47.5 Å². The minimum Gasteiger partial charge on any atom is -0.330 e. The first-order valence-electron chi connectivity index (χ1n) is 5.42. The smallest absolute Gasteiger partial charge is 0.00107 e. The summed E-state index contributed by atoms with van der Waals surface area (Å²) in [4.78, 5) is 0. The second-order valence-corrected chi connectivity index (χ2v) is 4.15. The zero-order valence-corrected chi connectivity index (χ0v) is 9.33. The zero-order chi connectivity index (χ0) is 10.8. The first kappa shape index (κ1) is 10.2. The van der Waals surface area contributed by atoms with Gasteiger partial charge in [-0.25, -0.2) is 0 Å². The van der Waals surface area contributed by atoms with E-state index in [-0.39, 0.29) is 0 Å². The lowest BCUT2D eigenvalue weighted by molar-refractivity contribution is 0.781. The van der Waals surface area contributed by atoms with Crippen molar-refractivity contribution < 1.29 is 0 Å². The standard InChI is InChI=1S/C14H17N/c1-10-5-3-8-14-12(10)6-4-7-13(14)11(2)9-15/h3-8,11H,9,15H2,1-2H3. The highest BCUT2D eigenvalue weighted by Crippen LogP contribution is 2.26. The first-order valence-corrected chi connectivity index (χ1v) is 5.42. The lowest BCUT2D eigenvalue weighted by Gasteiger charge is -2.13. The lowest BCUT2D eigenvalue weighted by Crippen LogP contribution is -2.09. The molecule has 0 aliphatic heterocycles. The van der Waals surface area contributed by atoms with Crippen molar-refractivity contribution in [2.45, 2.75) is 19.8 Å². The molecule has 2 N–H and O–H groups in total. The molecule has 1 atom stereocenters. The van der Waals surface area contributed by atoms with Crippen LogP contribution in [0.15, 0.2) is 36.4 Å². The van der Waals surface area contributed by atoms with E-state index in [2.05, 4.69) is 50.2 Å². The Kier molecular flexibility index (Phi) is 2.74. The molecule has 2 rings (SSSR count). The molecule has 1 unspecified atom stereocenters. The van der Waals surface area contributed by atoms with Gasteiger partial charge in [0.05, 0.1) is 0 Å². The molecule has 0 aromatic heterocycles. The molecule has 15 heavy (non-hydrogen) atoms. The molecular weight excluding hydrogens is 182 g/mol. The maximum Gasteiger partial charge on any atom is -0.00107 e. The zero-order valence-electron chi connectivity index (χ0n) is 9.33. The molecule has 0 heterocycles. The average molecular weight is 199 g/mol. The van der Waals surface area contributed by atoms with E-state index in [0.717, 1.165) is 0 Å². The van der Waals surface area contributed by atoms with Crippen LogP contribution in [-0.4, -0.2) is 6.54 Å². The number of benzene rings is 2. The first-order chi connectivity index (χ1) is 7.24. The van der Waals surface area contributed by atoms with Gasteiger partial charge in [0.1, 0.15) is 0 Å². The Labute approximate surface area is 90.9 Å². The molecule has 0 amide bonds. The minimum atomic E-state index is 0.426. The third kappa shape index (κ3) is 1.75. The molecule has 0 saturated carbocycles. The molecule has 2 aromatic rings. The molecule has 0 spiro atoms. The van der Waals surface area contributed by atoms with Crippen LogP contribution in [0.3, 0.4) is 0 Å². The SMILES string of the molecule is Cc1cccc2c(C(C)CN)cccc12. The van der Waals surface area contributed by atoms with Crippen LogP contribution < -0.4 is 5.73 Å². The number of rotatable bonds is 2. The van der Waals surface area contributed by atoms with Gasteiger partial charge in [0.15, 0.2) is 0 Å². The molecule has 0 aliphatic carbocycles. The van der Waals surface area contributed by atoms with Gasteiger partial charge in [-0.3, -0.25) is 0 Å². The summed E-state index contributed by atoms with van der Waals surface area (Å²) in [5.74, 6) is 0.426. The Hall–Kier alpha value is -1.34. The molecule has 0 aliphatic rings. The Balaban J connectivity index is 2.71. The third-order valence-corrected chi connectivity index (χ3v) is 3.06. The number of hydrogen-bond donors (Lipinski definition) is 1. The second-order valence-electron chi connectivity index (χ2n) is 4.15. The van der Waals surface area contributed by atoms with Crippen molar-refractivity contribution in [3.8, 4) is 0 Å². The minimum absolute atomic E-state index is 0.426. The fourth-order valence-electron chi connectivity index (χ4n) is 2.05. The highest BCUT2D eigenvalue weighted by Gasteiger charge is 2.07. The molecule has 2 aromatic carbocycles. The summed E-state index contributed by atoms with van der Waals surface area (Å²) in [5.41, 5.74) is 8.43. The number of aryl methyl sites for hydroxylation is 1. The topological polar surface area (TPSA) is 26.0 Å². The monoisotopic (exact) mass is 199 g/mol. The van der Waals surface area contributed by atoms with Gasteiger partial charge >= 0.3 is 0 Å². The van der Waals surface area contributed by atoms with Crippen LogP contribution in [-0.2, 0) is 0 Å². The van der Waals surface area contributed by atoms with Gasteiger partial charge in [-0.1, -0.05) is 43.3 Å². The number of nitrogens with two attached hydrogens (primary N) is 1. The van der Waals surface area contributed by atoms with Crippen molar-refractivity contribution in [1.82, 2.24) is 0 Å². The molecule has 0 radical (unpaired) electrons. The summed E-state index contributed by atoms with van der Waals surface area (Å²) < 4.78 is 0. The fraction of sp³-hybridized carbons (Fsp3) is 0.286. The van der Waals surface area contributed by atoms with Crippen LogP contribution >= 0.6 is 0 Å².